The molecule has 2 aromatic heterocycles. The highest BCUT2D eigenvalue weighted by atomic mass is 16.5. The molecule has 0 aliphatic carbocycles. The van der Waals surface area contributed by atoms with Gasteiger partial charge >= 0.3 is 6.01 Å². The molecule has 2 rings (SSSR count). The Bertz CT molecular complexity index is 571. The lowest BCUT2D eigenvalue weighted by Gasteiger charge is -2.07. The van der Waals surface area contributed by atoms with Crippen molar-refractivity contribution in [3.05, 3.63) is 35.4 Å². The first kappa shape index (κ1) is 15.2. The molecule has 0 radical (unpaired) electrons. The molecule has 0 aliphatic rings. The van der Waals surface area contributed by atoms with E-state index >= 15 is 0 Å². The van der Waals surface area contributed by atoms with Crippen molar-refractivity contribution in [2.24, 2.45) is 0 Å². The molecule has 0 fully saturated rings. The maximum absolute atomic E-state index is 5.13. The Balaban J connectivity index is 2.16. The Hall–Kier alpha value is -2.24. The van der Waals surface area contributed by atoms with Gasteiger partial charge in [-0.05, 0) is 24.5 Å². The number of aryl methyl sites for hydroxylation is 1. The summed E-state index contributed by atoms with van der Waals surface area (Å²) in [4.78, 5) is 17.3. The number of rotatable bonds is 7. The molecular weight excluding hydrogens is 266 g/mol. The van der Waals surface area contributed by atoms with Crippen molar-refractivity contribution in [2.75, 3.05) is 19.0 Å². The Labute approximate surface area is 125 Å². The third kappa shape index (κ3) is 4.37. The fourth-order valence-electron chi connectivity index (χ4n) is 1.82. The maximum atomic E-state index is 5.13. The summed E-state index contributed by atoms with van der Waals surface area (Å²) in [6, 6.07) is 4.41. The van der Waals surface area contributed by atoms with E-state index in [1.165, 1.54) is 5.56 Å². The standard InChI is InChI=1S/C15H21N5O/c1-4-8-16-14-18-13(19-15(20-14)21-3)9-12-7-6-11(5-2)10-17-12/h6-7,10H,4-5,8-9H2,1-3H3,(H,16,18,19,20). The van der Waals surface area contributed by atoms with Gasteiger partial charge in [0.15, 0.2) is 0 Å². The minimum absolute atomic E-state index is 0.323. The van der Waals surface area contributed by atoms with Crippen molar-refractivity contribution >= 4 is 5.95 Å². The van der Waals surface area contributed by atoms with E-state index < -0.39 is 0 Å². The number of nitrogens with one attached hydrogen (secondary N) is 1. The molecule has 21 heavy (non-hydrogen) atoms. The van der Waals surface area contributed by atoms with E-state index in [1.54, 1.807) is 7.11 Å². The number of ether oxygens (including phenoxy) is 1. The third-order valence-electron chi connectivity index (χ3n) is 3.01. The Kier molecular flexibility index (Phi) is 5.43. The second-order valence-corrected chi connectivity index (χ2v) is 4.68. The number of methoxy groups -OCH3 is 1. The molecule has 6 heteroatoms. The van der Waals surface area contributed by atoms with Crippen molar-refractivity contribution in [3.8, 4) is 6.01 Å². The van der Waals surface area contributed by atoms with Crippen LogP contribution in [0.15, 0.2) is 18.3 Å². The van der Waals surface area contributed by atoms with Crippen LogP contribution in [0.2, 0.25) is 0 Å². The fourth-order valence-corrected chi connectivity index (χ4v) is 1.82. The molecule has 0 unspecified atom stereocenters. The van der Waals surface area contributed by atoms with Gasteiger partial charge in [0.05, 0.1) is 13.5 Å². The van der Waals surface area contributed by atoms with E-state index in [0.717, 1.165) is 25.1 Å². The lowest BCUT2D eigenvalue weighted by atomic mass is 10.2. The zero-order chi connectivity index (χ0) is 15.1. The van der Waals surface area contributed by atoms with Crippen LogP contribution in [-0.4, -0.2) is 33.6 Å². The molecular formula is C15H21N5O. The topological polar surface area (TPSA) is 72.8 Å². The minimum Gasteiger partial charge on any atom is -0.467 e. The van der Waals surface area contributed by atoms with Crippen molar-refractivity contribution in [2.45, 2.75) is 33.1 Å². The highest BCUT2D eigenvalue weighted by molar-refractivity contribution is 5.27. The quantitative estimate of drug-likeness (QED) is 0.842. The van der Waals surface area contributed by atoms with E-state index in [0.29, 0.717) is 24.2 Å². The van der Waals surface area contributed by atoms with Crippen molar-refractivity contribution in [3.63, 3.8) is 0 Å². The summed E-state index contributed by atoms with van der Waals surface area (Å²) in [6.45, 7) is 5.01. The van der Waals surface area contributed by atoms with Gasteiger partial charge in [0.25, 0.3) is 0 Å². The molecule has 112 valence electrons. The van der Waals surface area contributed by atoms with Gasteiger partial charge in [-0.15, -0.1) is 0 Å². The number of aromatic nitrogens is 4. The number of hydrogen-bond acceptors (Lipinski definition) is 6. The van der Waals surface area contributed by atoms with Crippen molar-refractivity contribution < 1.29 is 4.74 Å². The molecule has 0 saturated carbocycles. The van der Waals surface area contributed by atoms with Crippen LogP contribution in [0.5, 0.6) is 6.01 Å². The van der Waals surface area contributed by atoms with Gasteiger partial charge in [0.1, 0.15) is 5.82 Å². The average molecular weight is 287 g/mol. The average Bonchev–Trinajstić information content (AvgIpc) is 2.53. The second kappa shape index (κ2) is 7.52. The molecule has 2 heterocycles. The van der Waals surface area contributed by atoms with Gasteiger partial charge in [-0.2, -0.15) is 15.0 Å². The maximum Gasteiger partial charge on any atom is 0.321 e. The zero-order valence-corrected chi connectivity index (χ0v) is 12.8. The number of pyridine rings is 1. The highest BCUT2D eigenvalue weighted by Gasteiger charge is 2.08. The van der Waals surface area contributed by atoms with E-state index in [-0.39, 0.29) is 0 Å². The van der Waals surface area contributed by atoms with Crippen LogP contribution in [0.3, 0.4) is 0 Å². The van der Waals surface area contributed by atoms with Crippen LogP contribution in [0.1, 0.15) is 37.4 Å². The third-order valence-corrected chi connectivity index (χ3v) is 3.01. The van der Waals surface area contributed by atoms with Gasteiger partial charge in [-0.3, -0.25) is 4.98 Å². The second-order valence-electron chi connectivity index (χ2n) is 4.68. The number of hydrogen-bond donors (Lipinski definition) is 1. The van der Waals surface area contributed by atoms with Gasteiger partial charge in [-0.1, -0.05) is 19.9 Å². The van der Waals surface area contributed by atoms with Crippen LogP contribution < -0.4 is 10.1 Å². The molecule has 0 atom stereocenters. The normalized spacial score (nSPS) is 10.4. The summed E-state index contributed by atoms with van der Waals surface area (Å²) < 4.78 is 5.13. The van der Waals surface area contributed by atoms with Gasteiger partial charge in [-0.25, -0.2) is 0 Å². The molecule has 2 aromatic rings. The van der Waals surface area contributed by atoms with Crippen LogP contribution >= 0.6 is 0 Å². The first-order valence-electron chi connectivity index (χ1n) is 7.21. The van der Waals surface area contributed by atoms with Crippen molar-refractivity contribution in [1.29, 1.82) is 0 Å². The molecule has 0 bridgehead atoms. The summed E-state index contributed by atoms with van der Waals surface area (Å²) in [5.41, 5.74) is 2.15. The van der Waals surface area contributed by atoms with E-state index in [1.807, 2.05) is 12.3 Å². The first-order valence-corrected chi connectivity index (χ1v) is 7.21. The van der Waals surface area contributed by atoms with Gasteiger partial charge in [0.2, 0.25) is 5.95 Å². The molecule has 0 aromatic carbocycles. The summed E-state index contributed by atoms with van der Waals surface area (Å²) in [5.74, 6) is 1.20. The molecule has 0 spiro atoms. The minimum atomic E-state index is 0.323. The number of nitrogens with zero attached hydrogens (tertiary/aromatic N) is 4. The van der Waals surface area contributed by atoms with Crippen LogP contribution in [0.4, 0.5) is 5.95 Å². The van der Waals surface area contributed by atoms with Gasteiger partial charge < -0.3 is 10.1 Å². The zero-order valence-electron chi connectivity index (χ0n) is 12.8. The SMILES string of the molecule is CCCNc1nc(Cc2ccc(CC)cn2)nc(OC)n1. The Morgan fingerprint density at radius 3 is 2.62 bits per heavy atom. The predicted molar refractivity (Wildman–Crippen MR) is 81.6 cm³/mol. The lowest BCUT2D eigenvalue weighted by Crippen LogP contribution is -2.10. The Morgan fingerprint density at radius 1 is 1.14 bits per heavy atom. The smallest absolute Gasteiger partial charge is 0.321 e. The van der Waals surface area contributed by atoms with Gasteiger partial charge in [0, 0.05) is 18.4 Å². The lowest BCUT2D eigenvalue weighted by molar-refractivity contribution is 0.376. The van der Waals surface area contributed by atoms with Crippen LogP contribution in [0.25, 0.3) is 0 Å². The van der Waals surface area contributed by atoms with E-state index in [2.05, 4.69) is 45.2 Å². The molecule has 0 amide bonds. The summed E-state index contributed by atoms with van der Waals surface area (Å²) >= 11 is 0. The van der Waals surface area contributed by atoms with Crippen LogP contribution in [0, 0.1) is 0 Å². The van der Waals surface area contributed by atoms with Crippen molar-refractivity contribution in [1.82, 2.24) is 19.9 Å². The van der Waals surface area contributed by atoms with Crippen LogP contribution in [-0.2, 0) is 12.8 Å². The summed E-state index contributed by atoms with van der Waals surface area (Å²) in [5, 5.41) is 3.15. The summed E-state index contributed by atoms with van der Waals surface area (Å²) in [6.07, 6.45) is 4.44. The largest absolute Gasteiger partial charge is 0.467 e. The van der Waals surface area contributed by atoms with E-state index in [9.17, 15) is 0 Å². The van der Waals surface area contributed by atoms with E-state index in [4.69, 9.17) is 4.74 Å². The molecule has 1 N–H and O–H groups in total. The Morgan fingerprint density at radius 2 is 2.00 bits per heavy atom. The predicted octanol–water partition coefficient (Wildman–Crippen LogP) is 2.25. The highest BCUT2D eigenvalue weighted by Crippen LogP contribution is 2.11. The fraction of sp³-hybridized carbons (Fsp3) is 0.467. The molecule has 0 aliphatic heterocycles. The first-order chi connectivity index (χ1) is 10.2. The molecule has 6 nitrogen and oxygen atoms in total. The molecule has 0 saturated heterocycles. The number of anilines is 1. The summed E-state index contributed by atoms with van der Waals surface area (Å²) in [7, 11) is 1.55. The monoisotopic (exact) mass is 287 g/mol.